The summed E-state index contributed by atoms with van der Waals surface area (Å²) in [6.07, 6.45) is 6.40. The molecule has 7 heteroatoms. The number of carbonyl (C=O) groups is 2. The Balaban J connectivity index is 0. The number of hydrogen-bond acceptors (Lipinski definition) is 3. The highest BCUT2D eigenvalue weighted by molar-refractivity contribution is 8.13. The van der Waals surface area contributed by atoms with Gasteiger partial charge in [-0.05, 0) is 19.3 Å². The van der Waals surface area contributed by atoms with Crippen molar-refractivity contribution in [1.29, 1.82) is 0 Å². The summed E-state index contributed by atoms with van der Waals surface area (Å²) in [5, 5.41) is 0.255. The van der Waals surface area contributed by atoms with E-state index in [4.69, 9.17) is 23.2 Å². The van der Waals surface area contributed by atoms with E-state index < -0.39 is 4.84 Å². The summed E-state index contributed by atoms with van der Waals surface area (Å²) >= 11 is 12.3. The molecule has 146 valence electrons. The van der Waals surface area contributed by atoms with Crippen LogP contribution >= 0.6 is 35.0 Å². The lowest BCUT2D eigenvalue weighted by Gasteiger charge is -2.20. The molecule has 0 unspecified atom stereocenters. The monoisotopic (exact) mass is 410 g/mol. The Morgan fingerprint density at radius 2 is 1.44 bits per heavy atom. The maximum absolute atomic E-state index is 11.6. The zero-order valence-electron chi connectivity index (χ0n) is 15.7. The molecule has 0 N–H and O–H groups in total. The van der Waals surface area contributed by atoms with Crippen LogP contribution in [0.5, 0.6) is 0 Å². The molecule has 2 amide bonds. The topological polar surface area (TPSA) is 40.6 Å². The highest BCUT2D eigenvalue weighted by atomic mass is 35.5. The minimum atomic E-state index is -1.01. The molecular formula is C18H32Cl2N2O2S. The molecule has 0 rings (SSSR count). The first-order valence-corrected chi connectivity index (χ1v) is 10.5. The van der Waals surface area contributed by atoms with Crippen LogP contribution < -0.4 is 0 Å². The molecule has 25 heavy (non-hydrogen) atoms. The van der Waals surface area contributed by atoms with Gasteiger partial charge < -0.3 is 9.80 Å². The smallest absolute Gasteiger partial charge is 0.281 e. The van der Waals surface area contributed by atoms with Gasteiger partial charge in [0.25, 0.3) is 11.1 Å². The van der Waals surface area contributed by atoms with Crippen LogP contribution in [0.4, 0.5) is 4.79 Å². The number of hydrogen-bond donors (Lipinski definition) is 0. The third kappa shape index (κ3) is 14.2. The van der Waals surface area contributed by atoms with Gasteiger partial charge in [0.15, 0.2) is 4.84 Å². The van der Waals surface area contributed by atoms with E-state index >= 15 is 0 Å². The normalized spacial score (nSPS) is 9.84. The fourth-order valence-corrected chi connectivity index (χ4v) is 2.84. The van der Waals surface area contributed by atoms with Crippen molar-refractivity contribution in [2.75, 3.05) is 31.9 Å². The van der Waals surface area contributed by atoms with Crippen molar-refractivity contribution in [1.82, 2.24) is 9.80 Å². The fourth-order valence-electron chi connectivity index (χ4n) is 1.82. The van der Waals surface area contributed by atoms with E-state index in [1.807, 2.05) is 4.90 Å². The number of rotatable bonds is 11. The molecule has 0 bridgehead atoms. The summed E-state index contributed by atoms with van der Waals surface area (Å²) in [5.74, 6) is 0.626. The van der Waals surface area contributed by atoms with Crippen LogP contribution in [0, 0.1) is 0 Å². The average molecular weight is 411 g/mol. The SMILES string of the molecule is C=CCN(CC=C)C(=O)C(Cl)Cl.CCCSC(=O)N(CCC)CCC. The van der Waals surface area contributed by atoms with Gasteiger partial charge in [-0.3, -0.25) is 9.59 Å². The van der Waals surface area contributed by atoms with Crippen LogP contribution in [0.2, 0.25) is 0 Å². The van der Waals surface area contributed by atoms with Crippen molar-refractivity contribution in [3.63, 3.8) is 0 Å². The molecule has 0 spiro atoms. The fraction of sp³-hybridized carbons (Fsp3) is 0.667. The number of carbonyl (C=O) groups excluding carboxylic acids is 2. The molecule has 0 aromatic heterocycles. The molecule has 0 aromatic rings. The van der Waals surface area contributed by atoms with E-state index in [0.29, 0.717) is 13.1 Å². The molecule has 0 aliphatic rings. The second-order valence-corrected chi connectivity index (χ2v) is 7.37. The summed E-state index contributed by atoms with van der Waals surface area (Å²) in [6.45, 7) is 16.0. The third-order valence-electron chi connectivity index (χ3n) is 2.87. The van der Waals surface area contributed by atoms with Crippen molar-refractivity contribution in [3.8, 4) is 0 Å². The lowest BCUT2D eigenvalue weighted by atomic mass is 10.4. The van der Waals surface area contributed by atoms with Crippen LogP contribution in [0.25, 0.3) is 0 Å². The molecule has 0 fully saturated rings. The van der Waals surface area contributed by atoms with Gasteiger partial charge in [0.2, 0.25) is 0 Å². The second kappa shape index (κ2) is 18.2. The van der Waals surface area contributed by atoms with E-state index in [1.54, 1.807) is 12.2 Å². The molecule has 4 nitrogen and oxygen atoms in total. The van der Waals surface area contributed by atoms with Crippen molar-refractivity contribution in [3.05, 3.63) is 25.3 Å². The molecule has 0 atom stereocenters. The van der Waals surface area contributed by atoms with Crippen LogP contribution in [-0.2, 0) is 4.79 Å². The van der Waals surface area contributed by atoms with Crippen molar-refractivity contribution >= 4 is 46.1 Å². The number of halogens is 2. The lowest BCUT2D eigenvalue weighted by Crippen LogP contribution is -2.35. The van der Waals surface area contributed by atoms with Crippen molar-refractivity contribution in [2.24, 2.45) is 0 Å². The third-order valence-corrected chi connectivity index (χ3v) is 4.36. The highest BCUT2D eigenvalue weighted by Gasteiger charge is 2.17. The first-order chi connectivity index (χ1) is 11.9. The van der Waals surface area contributed by atoms with Gasteiger partial charge in [0, 0.05) is 31.9 Å². The van der Waals surface area contributed by atoms with E-state index in [-0.39, 0.29) is 11.1 Å². The minimum Gasteiger partial charge on any atom is -0.334 e. The van der Waals surface area contributed by atoms with Gasteiger partial charge in [0.05, 0.1) is 0 Å². The van der Waals surface area contributed by atoms with Gasteiger partial charge in [-0.15, -0.1) is 13.2 Å². The molecule has 0 heterocycles. The zero-order valence-corrected chi connectivity index (χ0v) is 18.0. The quantitative estimate of drug-likeness (QED) is 0.339. The van der Waals surface area contributed by atoms with Crippen molar-refractivity contribution in [2.45, 2.75) is 44.9 Å². The van der Waals surface area contributed by atoms with Crippen LogP contribution in [-0.4, -0.2) is 57.7 Å². The van der Waals surface area contributed by atoms with E-state index in [9.17, 15) is 9.59 Å². The Morgan fingerprint density at radius 3 is 1.76 bits per heavy atom. The standard InChI is InChI=1S/C10H21NOS.C8H11Cl2NO/c1-4-7-11(8-5-2)10(12)13-9-6-3;1-3-5-11(6-4-2)8(12)7(9)10/h4-9H2,1-3H3;3-4,7H,1-2,5-6H2. The highest BCUT2D eigenvalue weighted by Crippen LogP contribution is 2.11. The zero-order chi connectivity index (χ0) is 19.7. The number of amides is 2. The van der Waals surface area contributed by atoms with Gasteiger partial charge in [-0.1, -0.05) is 67.9 Å². The molecule has 0 aliphatic carbocycles. The van der Waals surface area contributed by atoms with Crippen LogP contribution in [0.1, 0.15) is 40.0 Å². The predicted molar refractivity (Wildman–Crippen MR) is 113 cm³/mol. The summed E-state index contributed by atoms with van der Waals surface area (Å²) < 4.78 is 0. The Kier molecular flexibility index (Phi) is 19.3. The number of alkyl halides is 2. The van der Waals surface area contributed by atoms with Gasteiger partial charge >= 0.3 is 0 Å². The first kappa shape index (κ1) is 26.6. The van der Waals surface area contributed by atoms with E-state index in [1.165, 1.54) is 16.7 Å². The number of thioether (sulfide) groups is 1. The second-order valence-electron chi connectivity index (χ2n) is 5.22. The molecular weight excluding hydrogens is 379 g/mol. The number of nitrogens with zero attached hydrogens (tertiary/aromatic N) is 2. The van der Waals surface area contributed by atoms with E-state index in [0.717, 1.165) is 38.1 Å². The van der Waals surface area contributed by atoms with Gasteiger partial charge in [0.1, 0.15) is 0 Å². The van der Waals surface area contributed by atoms with E-state index in [2.05, 4.69) is 33.9 Å². The molecule has 0 aromatic carbocycles. The Hall–Kier alpha value is -0.650. The summed E-state index contributed by atoms with van der Waals surface area (Å²) in [7, 11) is 0. The molecule has 0 radical (unpaired) electrons. The maximum Gasteiger partial charge on any atom is 0.281 e. The van der Waals surface area contributed by atoms with Gasteiger partial charge in [-0.25, -0.2) is 0 Å². The molecule has 0 saturated heterocycles. The summed E-state index contributed by atoms with van der Waals surface area (Å²) in [6, 6.07) is 0. The molecule has 0 aliphatic heterocycles. The Bertz CT molecular complexity index is 377. The maximum atomic E-state index is 11.6. The van der Waals surface area contributed by atoms with Crippen LogP contribution in [0.3, 0.4) is 0 Å². The predicted octanol–water partition coefficient (Wildman–Crippen LogP) is 5.36. The average Bonchev–Trinajstić information content (AvgIpc) is 2.59. The van der Waals surface area contributed by atoms with Crippen LogP contribution in [0.15, 0.2) is 25.3 Å². The van der Waals surface area contributed by atoms with Gasteiger partial charge in [-0.2, -0.15) is 0 Å². The summed E-state index contributed by atoms with van der Waals surface area (Å²) in [5.41, 5.74) is 0. The Labute approximate surface area is 167 Å². The lowest BCUT2D eigenvalue weighted by molar-refractivity contribution is -0.128. The Morgan fingerprint density at radius 1 is 0.960 bits per heavy atom. The molecule has 0 saturated carbocycles. The first-order valence-electron chi connectivity index (χ1n) is 8.59. The summed E-state index contributed by atoms with van der Waals surface area (Å²) in [4.78, 5) is 25.2. The largest absolute Gasteiger partial charge is 0.334 e. The van der Waals surface area contributed by atoms with Crippen molar-refractivity contribution < 1.29 is 9.59 Å². The minimum absolute atomic E-state index is 0.255.